The van der Waals surface area contributed by atoms with Gasteiger partial charge in [0.25, 0.3) is 0 Å². The maximum absolute atomic E-state index is 5.83. The number of H-pyrrole nitrogens is 1. The van der Waals surface area contributed by atoms with Gasteiger partial charge in [-0.2, -0.15) is 0 Å². The van der Waals surface area contributed by atoms with E-state index >= 15 is 0 Å². The number of nitrogens with one attached hydrogen (secondary N) is 1. The van der Waals surface area contributed by atoms with Crippen molar-refractivity contribution >= 4 is 34.4 Å². The fraction of sp³-hybridized carbons (Fsp3) is 0.333. The van der Waals surface area contributed by atoms with Crippen molar-refractivity contribution in [1.82, 2.24) is 15.0 Å². The first-order valence-corrected chi connectivity index (χ1v) is 5.17. The van der Waals surface area contributed by atoms with Crippen molar-refractivity contribution < 1.29 is 0 Å². The zero-order valence-electron chi connectivity index (χ0n) is 7.64. The van der Waals surface area contributed by atoms with Crippen LogP contribution in [0.2, 0.25) is 10.2 Å². The van der Waals surface area contributed by atoms with Crippen molar-refractivity contribution in [3.05, 3.63) is 22.1 Å². The molecule has 0 aliphatic rings. The molecule has 5 heteroatoms. The fourth-order valence-corrected chi connectivity index (χ4v) is 1.59. The molecule has 0 aliphatic heterocycles. The summed E-state index contributed by atoms with van der Waals surface area (Å²) in [6.45, 7) is 2.10. The van der Waals surface area contributed by atoms with Gasteiger partial charge in [-0.1, -0.05) is 30.1 Å². The minimum Gasteiger partial charge on any atom is -0.341 e. The number of halogens is 2. The molecule has 1 N–H and O–H groups in total. The Morgan fingerprint density at radius 2 is 2.14 bits per heavy atom. The SMILES string of the molecule is CCCc1nc2nc(Cl)c(Cl)cc2[nH]1. The van der Waals surface area contributed by atoms with Crippen LogP contribution in [0.4, 0.5) is 0 Å². The van der Waals surface area contributed by atoms with E-state index in [0.29, 0.717) is 15.8 Å². The van der Waals surface area contributed by atoms with E-state index in [0.717, 1.165) is 24.2 Å². The van der Waals surface area contributed by atoms with Gasteiger partial charge in [0.2, 0.25) is 0 Å². The number of imidazole rings is 1. The molecule has 0 fully saturated rings. The van der Waals surface area contributed by atoms with Crippen molar-refractivity contribution in [2.75, 3.05) is 0 Å². The molecular formula is C9H9Cl2N3. The third kappa shape index (κ3) is 1.70. The monoisotopic (exact) mass is 229 g/mol. The Morgan fingerprint density at radius 1 is 1.36 bits per heavy atom. The standard InChI is InChI=1S/C9H9Cl2N3/c1-2-3-7-12-6-4-5(10)8(11)14-9(6)13-7/h4H,2-3H2,1H3,(H,12,13,14). The van der Waals surface area contributed by atoms with Crippen molar-refractivity contribution in [3.8, 4) is 0 Å². The quantitative estimate of drug-likeness (QED) is 0.804. The van der Waals surface area contributed by atoms with Crippen molar-refractivity contribution in [2.24, 2.45) is 0 Å². The highest BCUT2D eigenvalue weighted by molar-refractivity contribution is 6.41. The summed E-state index contributed by atoms with van der Waals surface area (Å²) in [6.07, 6.45) is 1.95. The lowest BCUT2D eigenvalue weighted by Crippen LogP contribution is -1.84. The number of nitrogens with zero attached hydrogens (tertiary/aromatic N) is 2. The molecule has 0 bridgehead atoms. The van der Waals surface area contributed by atoms with Crippen LogP contribution >= 0.6 is 23.2 Å². The predicted octanol–water partition coefficient (Wildman–Crippen LogP) is 3.22. The zero-order chi connectivity index (χ0) is 10.1. The Labute approximate surface area is 91.5 Å². The molecule has 2 aromatic rings. The van der Waals surface area contributed by atoms with Crippen molar-refractivity contribution in [2.45, 2.75) is 19.8 Å². The zero-order valence-corrected chi connectivity index (χ0v) is 9.15. The molecular weight excluding hydrogens is 221 g/mol. The second kappa shape index (κ2) is 3.75. The summed E-state index contributed by atoms with van der Waals surface area (Å²) in [5.41, 5.74) is 1.46. The average Bonchev–Trinajstić information content (AvgIpc) is 2.48. The lowest BCUT2D eigenvalue weighted by atomic mass is 10.3. The molecule has 0 unspecified atom stereocenters. The minimum absolute atomic E-state index is 0.300. The molecule has 0 aromatic carbocycles. The van der Waals surface area contributed by atoms with Crippen LogP contribution in [0.3, 0.4) is 0 Å². The number of hydrogen-bond acceptors (Lipinski definition) is 2. The molecule has 0 amide bonds. The van der Waals surface area contributed by atoms with Crippen LogP contribution in [0.1, 0.15) is 19.2 Å². The van der Waals surface area contributed by atoms with Gasteiger partial charge in [-0.15, -0.1) is 0 Å². The van der Waals surface area contributed by atoms with Gasteiger partial charge >= 0.3 is 0 Å². The van der Waals surface area contributed by atoms with Crippen LogP contribution < -0.4 is 0 Å². The first-order valence-electron chi connectivity index (χ1n) is 4.41. The van der Waals surface area contributed by atoms with Crippen LogP contribution in [0, 0.1) is 0 Å². The summed E-state index contributed by atoms with van der Waals surface area (Å²) >= 11 is 11.6. The summed E-state index contributed by atoms with van der Waals surface area (Å²) in [6, 6.07) is 1.75. The number of fused-ring (bicyclic) bond motifs is 1. The molecule has 0 atom stereocenters. The summed E-state index contributed by atoms with van der Waals surface area (Å²) in [7, 11) is 0. The molecule has 0 saturated heterocycles. The summed E-state index contributed by atoms with van der Waals surface area (Å²) in [5.74, 6) is 0.924. The predicted molar refractivity (Wildman–Crippen MR) is 57.9 cm³/mol. The molecule has 2 aromatic heterocycles. The molecule has 14 heavy (non-hydrogen) atoms. The van der Waals surface area contributed by atoms with E-state index in [1.165, 1.54) is 0 Å². The number of rotatable bonds is 2. The molecule has 74 valence electrons. The second-order valence-corrected chi connectivity index (χ2v) is 3.83. The van der Waals surface area contributed by atoms with E-state index < -0.39 is 0 Å². The normalized spacial score (nSPS) is 11.1. The van der Waals surface area contributed by atoms with Crippen LogP contribution in [0.25, 0.3) is 11.2 Å². The van der Waals surface area contributed by atoms with Gasteiger partial charge in [0.15, 0.2) is 5.65 Å². The number of aromatic nitrogens is 3. The first-order chi connectivity index (χ1) is 6.70. The molecule has 2 heterocycles. The lowest BCUT2D eigenvalue weighted by Gasteiger charge is -1.92. The molecule has 0 spiro atoms. The first kappa shape index (κ1) is 9.74. The van der Waals surface area contributed by atoms with E-state index in [-0.39, 0.29) is 0 Å². The molecule has 0 radical (unpaired) electrons. The van der Waals surface area contributed by atoms with Crippen LogP contribution in [-0.4, -0.2) is 15.0 Å². The topological polar surface area (TPSA) is 41.6 Å². The largest absolute Gasteiger partial charge is 0.341 e. The molecule has 3 nitrogen and oxygen atoms in total. The van der Waals surface area contributed by atoms with Gasteiger partial charge in [-0.25, -0.2) is 9.97 Å². The Morgan fingerprint density at radius 3 is 2.86 bits per heavy atom. The van der Waals surface area contributed by atoms with E-state index in [4.69, 9.17) is 23.2 Å². The minimum atomic E-state index is 0.300. The molecule has 2 rings (SSSR count). The Kier molecular flexibility index (Phi) is 2.61. The highest BCUT2D eigenvalue weighted by atomic mass is 35.5. The van der Waals surface area contributed by atoms with E-state index in [1.807, 2.05) is 0 Å². The summed E-state index contributed by atoms with van der Waals surface area (Å²) in [4.78, 5) is 11.5. The van der Waals surface area contributed by atoms with E-state index in [9.17, 15) is 0 Å². The van der Waals surface area contributed by atoms with Gasteiger partial charge in [-0.3, -0.25) is 0 Å². The summed E-state index contributed by atoms with van der Waals surface area (Å²) in [5, 5.41) is 0.750. The van der Waals surface area contributed by atoms with Crippen LogP contribution in [0.5, 0.6) is 0 Å². The van der Waals surface area contributed by atoms with E-state index in [2.05, 4.69) is 21.9 Å². The lowest BCUT2D eigenvalue weighted by molar-refractivity contribution is 0.860. The highest BCUT2D eigenvalue weighted by Crippen LogP contribution is 2.23. The van der Waals surface area contributed by atoms with Gasteiger partial charge in [0.1, 0.15) is 11.0 Å². The average molecular weight is 230 g/mol. The Hall–Kier alpha value is -0.800. The second-order valence-electron chi connectivity index (χ2n) is 3.07. The van der Waals surface area contributed by atoms with Gasteiger partial charge < -0.3 is 4.98 Å². The van der Waals surface area contributed by atoms with Gasteiger partial charge in [0.05, 0.1) is 10.5 Å². The van der Waals surface area contributed by atoms with Crippen molar-refractivity contribution in [1.29, 1.82) is 0 Å². The maximum Gasteiger partial charge on any atom is 0.179 e. The fourth-order valence-electron chi connectivity index (χ4n) is 1.30. The maximum atomic E-state index is 5.83. The van der Waals surface area contributed by atoms with E-state index in [1.54, 1.807) is 6.07 Å². The number of pyridine rings is 1. The third-order valence-corrected chi connectivity index (χ3v) is 2.59. The number of aryl methyl sites for hydroxylation is 1. The van der Waals surface area contributed by atoms with Crippen LogP contribution in [0.15, 0.2) is 6.07 Å². The van der Waals surface area contributed by atoms with Crippen LogP contribution in [-0.2, 0) is 6.42 Å². The van der Waals surface area contributed by atoms with Gasteiger partial charge in [-0.05, 0) is 12.5 Å². The molecule has 0 aliphatic carbocycles. The Bertz CT molecular complexity index is 425. The highest BCUT2D eigenvalue weighted by Gasteiger charge is 2.07. The number of hydrogen-bond donors (Lipinski definition) is 1. The third-order valence-electron chi connectivity index (χ3n) is 1.92. The number of aromatic amines is 1. The van der Waals surface area contributed by atoms with Crippen molar-refractivity contribution in [3.63, 3.8) is 0 Å². The Balaban J connectivity index is 2.54. The summed E-state index contributed by atoms with van der Waals surface area (Å²) < 4.78 is 0. The molecule has 0 saturated carbocycles. The van der Waals surface area contributed by atoms with Gasteiger partial charge in [0, 0.05) is 6.42 Å². The smallest absolute Gasteiger partial charge is 0.179 e.